The smallest absolute Gasteiger partial charge is 0.252 e. The van der Waals surface area contributed by atoms with Crippen LogP contribution in [-0.2, 0) is 34.0 Å². The first-order valence-corrected chi connectivity index (χ1v) is 11.8. The molecule has 1 aromatic heterocycles. The van der Waals surface area contributed by atoms with Crippen LogP contribution in [0.4, 0.5) is 0 Å². The molecule has 0 N–H and O–H groups in total. The molecule has 1 heterocycles. The monoisotopic (exact) mass is 426 g/mol. The molecule has 2 aromatic carbocycles. The van der Waals surface area contributed by atoms with E-state index in [4.69, 9.17) is 6.42 Å². The van der Waals surface area contributed by atoms with Gasteiger partial charge in [0.2, 0.25) is 0 Å². The zero-order valence-corrected chi connectivity index (χ0v) is 18.0. The number of fused-ring (bicyclic) bond motifs is 1. The van der Waals surface area contributed by atoms with Crippen molar-refractivity contribution in [2.45, 2.75) is 38.1 Å². The Morgan fingerprint density at radius 3 is 2.45 bits per heavy atom. The number of aryl methyl sites for hydroxylation is 1. The molecule has 0 unspecified atom stereocenters. The van der Waals surface area contributed by atoms with Crippen LogP contribution < -0.4 is 4.80 Å². The molecule has 0 aliphatic carbocycles. The van der Waals surface area contributed by atoms with E-state index in [0.29, 0.717) is 16.9 Å². The van der Waals surface area contributed by atoms with Crippen LogP contribution >= 0.6 is 11.3 Å². The molecule has 0 aliphatic heterocycles. The molecule has 150 valence electrons. The van der Waals surface area contributed by atoms with Crippen molar-refractivity contribution in [3.63, 3.8) is 0 Å². The van der Waals surface area contributed by atoms with Gasteiger partial charge in [-0.25, -0.2) is 8.42 Å². The summed E-state index contributed by atoms with van der Waals surface area (Å²) in [5.41, 5.74) is 2.89. The number of aromatic nitrogens is 1. The normalized spacial score (nSPS) is 12.2. The van der Waals surface area contributed by atoms with E-state index < -0.39 is 9.84 Å². The zero-order chi connectivity index (χ0) is 21.0. The molecule has 3 rings (SSSR count). The number of sulfone groups is 1. The van der Waals surface area contributed by atoms with Crippen molar-refractivity contribution < 1.29 is 13.2 Å². The van der Waals surface area contributed by atoms with Gasteiger partial charge in [-0.15, -0.1) is 6.42 Å². The first kappa shape index (κ1) is 21.0. The molecule has 0 aliphatic rings. The van der Waals surface area contributed by atoms with Crippen LogP contribution in [0.2, 0.25) is 0 Å². The molecule has 0 radical (unpaired) electrons. The van der Waals surface area contributed by atoms with Crippen molar-refractivity contribution in [3.8, 4) is 12.3 Å². The second-order valence-electron chi connectivity index (χ2n) is 6.56. The van der Waals surface area contributed by atoms with Gasteiger partial charge in [0.15, 0.2) is 14.6 Å². The number of carbonyl (C=O) groups is 1. The number of amides is 1. The summed E-state index contributed by atoms with van der Waals surface area (Å²) >= 11 is 1.44. The van der Waals surface area contributed by atoms with E-state index >= 15 is 0 Å². The van der Waals surface area contributed by atoms with Gasteiger partial charge in [-0.05, 0) is 41.8 Å². The van der Waals surface area contributed by atoms with Crippen molar-refractivity contribution in [1.82, 2.24) is 4.57 Å². The van der Waals surface area contributed by atoms with Gasteiger partial charge in [-0.3, -0.25) is 4.79 Å². The van der Waals surface area contributed by atoms with E-state index in [0.717, 1.165) is 16.6 Å². The van der Waals surface area contributed by atoms with Gasteiger partial charge >= 0.3 is 0 Å². The van der Waals surface area contributed by atoms with E-state index in [1.807, 2.05) is 10.6 Å². The van der Waals surface area contributed by atoms with Crippen molar-refractivity contribution in [2.24, 2.45) is 4.99 Å². The summed E-state index contributed by atoms with van der Waals surface area (Å²) in [5, 5.41) is 0. The fourth-order valence-electron chi connectivity index (χ4n) is 2.97. The van der Waals surface area contributed by atoms with E-state index in [1.54, 1.807) is 19.1 Å². The molecule has 3 aromatic rings. The molecule has 0 spiro atoms. The molecule has 29 heavy (non-hydrogen) atoms. The zero-order valence-electron chi connectivity index (χ0n) is 16.4. The summed E-state index contributed by atoms with van der Waals surface area (Å²) in [5.74, 6) is 2.36. The summed E-state index contributed by atoms with van der Waals surface area (Å²) in [6, 6.07) is 12.5. The van der Waals surface area contributed by atoms with Gasteiger partial charge < -0.3 is 4.57 Å². The Kier molecular flexibility index (Phi) is 6.36. The molecular formula is C22H22N2O3S2. The van der Waals surface area contributed by atoms with E-state index in [1.165, 1.54) is 29.0 Å². The Morgan fingerprint density at radius 1 is 1.14 bits per heavy atom. The maximum atomic E-state index is 12.5. The molecular weight excluding hydrogens is 404 g/mol. The van der Waals surface area contributed by atoms with Crippen LogP contribution in [0, 0.1) is 12.3 Å². The third-order valence-electron chi connectivity index (χ3n) is 4.64. The van der Waals surface area contributed by atoms with Crippen LogP contribution in [0.1, 0.15) is 25.0 Å². The number of thiazole rings is 1. The number of carbonyl (C=O) groups excluding carboxylic acids is 1. The summed E-state index contributed by atoms with van der Waals surface area (Å²) in [6.07, 6.45) is 6.53. The fourth-order valence-corrected chi connectivity index (χ4v) is 4.96. The SMILES string of the molecule is C#CCn1c(=NC(=O)Cc2ccc(S(=O)(=O)CC)cc2)sc2cc(CC)ccc21. The molecule has 0 bridgehead atoms. The fraction of sp³-hybridized carbons (Fsp3) is 0.273. The van der Waals surface area contributed by atoms with Gasteiger partial charge in [-0.1, -0.05) is 49.3 Å². The van der Waals surface area contributed by atoms with Crippen molar-refractivity contribution in [2.75, 3.05) is 5.75 Å². The Labute approximate surface area is 174 Å². The lowest BCUT2D eigenvalue weighted by atomic mass is 10.1. The largest absolute Gasteiger partial charge is 0.305 e. The Hall–Kier alpha value is -2.69. The minimum Gasteiger partial charge on any atom is -0.305 e. The number of terminal acetylenes is 1. The quantitative estimate of drug-likeness (QED) is 0.568. The molecule has 0 saturated heterocycles. The predicted octanol–water partition coefficient (Wildman–Crippen LogP) is 3.36. The summed E-state index contributed by atoms with van der Waals surface area (Å²) in [6.45, 7) is 4.03. The summed E-state index contributed by atoms with van der Waals surface area (Å²) in [7, 11) is -3.25. The van der Waals surface area contributed by atoms with Crippen molar-refractivity contribution in [3.05, 3.63) is 58.4 Å². The van der Waals surface area contributed by atoms with Gasteiger partial charge in [0.05, 0.1) is 33.8 Å². The highest BCUT2D eigenvalue weighted by atomic mass is 32.2. The first-order valence-electron chi connectivity index (χ1n) is 9.33. The third-order valence-corrected chi connectivity index (χ3v) is 7.43. The standard InChI is InChI=1S/C22H22N2O3S2/c1-4-13-24-19-12-9-16(5-2)14-20(19)28-22(24)23-21(25)15-17-7-10-18(11-8-17)29(26,27)6-3/h1,7-12,14H,5-6,13,15H2,2-3H3. The van der Waals surface area contributed by atoms with Crippen molar-refractivity contribution >= 4 is 37.3 Å². The minimum absolute atomic E-state index is 0.0431. The molecule has 1 amide bonds. The lowest BCUT2D eigenvalue weighted by Crippen LogP contribution is -2.17. The number of rotatable bonds is 6. The van der Waals surface area contributed by atoms with E-state index in [-0.39, 0.29) is 23.0 Å². The van der Waals surface area contributed by atoms with Crippen molar-refractivity contribution in [1.29, 1.82) is 0 Å². The van der Waals surface area contributed by atoms with Crippen LogP contribution in [-0.4, -0.2) is 24.6 Å². The molecule has 0 saturated carbocycles. The van der Waals surface area contributed by atoms with Gasteiger partial charge in [0, 0.05) is 0 Å². The summed E-state index contributed by atoms with van der Waals surface area (Å²) < 4.78 is 26.7. The number of benzene rings is 2. The molecule has 0 atom stereocenters. The molecule has 5 nitrogen and oxygen atoms in total. The molecule has 0 fully saturated rings. The second kappa shape index (κ2) is 8.76. The van der Waals surface area contributed by atoms with Crippen LogP contribution in [0.15, 0.2) is 52.4 Å². The third kappa shape index (κ3) is 4.66. The predicted molar refractivity (Wildman–Crippen MR) is 116 cm³/mol. The highest BCUT2D eigenvalue weighted by Crippen LogP contribution is 2.20. The van der Waals surface area contributed by atoms with E-state index in [2.05, 4.69) is 30.0 Å². The van der Waals surface area contributed by atoms with Crippen LogP contribution in [0.25, 0.3) is 10.2 Å². The highest BCUT2D eigenvalue weighted by molar-refractivity contribution is 7.91. The summed E-state index contributed by atoms with van der Waals surface area (Å²) in [4.78, 5) is 17.6. The minimum atomic E-state index is -3.25. The maximum Gasteiger partial charge on any atom is 0.252 e. The number of hydrogen-bond acceptors (Lipinski definition) is 4. The van der Waals surface area contributed by atoms with Gasteiger partial charge in [-0.2, -0.15) is 4.99 Å². The number of nitrogens with zero attached hydrogens (tertiary/aromatic N) is 2. The lowest BCUT2D eigenvalue weighted by molar-refractivity contribution is -0.117. The Bertz CT molecular complexity index is 1260. The van der Waals surface area contributed by atoms with Gasteiger partial charge in [0.1, 0.15) is 0 Å². The average Bonchev–Trinajstić information content (AvgIpc) is 3.04. The van der Waals surface area contributed by atoms with Gasteiger partial charge in [0.25, 0.3) is 5.91 Å². The number of hydrogen-bond donors (Lipinski definition) is 0. The van der Waals surface area contributed by atoms with Crippen LogP contribution in [0.5, 0.6) is 0 Å². The van der Waals surface area contributed by atoms with E-state index in [9.17, 15) is 13.2 Å². The Morgan fingerprint density at radius 2 is 1.83 bits per heavy atom. The average molecular weight is 427 g/mol. The first-order chi connectivity index (χ1) is 13.9. The topological polar surface area (TPSA) is 68.5 Å². The lowest BCUT2D eigenvalue weighted by Gasteiger charge is -2.03. The van der Waals surface area contributed by atoms with Crippen LogP contribution in [0.3, 0.4) is 0 Å². The Balaban J connectivity index is 1.91. The second-order valence-corrected chi connectivity index (χ2v) is 9.85. The molecule has 7 heteroatoms. The highest BCUT2D eigenvalue weighted by Gasteiger charge is 2.12. The maximum absolute atomic E-state index is 12.5.